The number of benzene rings is 1. The Bertz CT molecular complexity index is 668. The van der Waals surface area contributed by atoms with Gasteiger partial charge in [-0.1, -0.05) is 6.07 Å². The molecular weight excluding hydrogens is 304 g/mol. The van der Waals surface area contributed by atoms with E-state index >= 15 is 0 Å². The summed E-state index contributed by atoms with van der Waals surface area (Å²) in [6.07, 6.45) is 1.14. The van der Waals surface area contributed by atoms with Crippen LogP contribution in [-0.2, 0) is 14.4 Å². The average Bonchev–Trinajstić information content (AvgIpc) is 2.93. The first-order valence-electron chi connectivity index (χ1n) is 6.82. The fourth-order valence-corrected chi connectivity index (χ4v) is 1.89. The van der Waals surface area contributed by atoms with E-state index in [9.17, 15) is 19.5 Å². The highest BCUT2D eigenvalue weighted by atomic mass is 16.7. The van der Waals surface area contributed by atoms with Crippen LogP contribution in [0, 0.1) is 0 Å². The van der Waals surface area contributed by atoms with E-state index in [-0.39, 0.29) is 25.5 Å². The quantitative estimate of drug-likeness (QED) is 0.660. The molecule has 1 aliphatic heterocycles. The van der Waals surface area contributed by atoms with Crippen molar-refractivity contribution in [1.82, 2.24) is 10.6 Å². The highest BCUT2D eigenvalue weighted by molar-refractivity contribution is 6.01. The molecule has 0 bridgehead atoms. The third-order valence-electron chi connectivity index (χ3n) is 2.88. The Labute approximate surface area is 132 Å². The van der Waals surface area contributed by atoms with Crippen molar-refractivity contribution >= 4 is 23.9 Å². The molecule has 0 aliphatic carbocycles. The second-order valence-electron chi connectivity index (χ2n) is 4.73. The normalized spacial score (nSPS) is 12.7. The lowest BCUT2D eigenvalue weighted by Crippen LogP contribution is -2.36. The number of aliphatic carboxylic acids is 1. The van der Waals surface area contributed by atoms with Gasteiger partial charge in [-0.15, -0.1) is 0 Å². The van der Waals surface area contributed by atoms with E-state index in [0.717, 1.165) is 0 Å². The first-order chi connectivity index (χ1) is 11.0. The van der Waals surface area contributed by atoms with Crippen molar-refractivity contribution in [1.29, 1.82) is 0 Å². The molecule has 1 aromatic carbocycles. The van der Waals surface area contributed by atoms with Gasteiger partial charge in [-0.05, 0) is 23.8 Å². The van der Waals surface area contributed by atoms with Gasteiger partial charge in [-0.3, -0.25) is 9.59 Å². The summed E-state index contributed by atoms with van der Waals surface area (Å²) in [7, 11) is 0. The maximum Gasteiger partial charge on any atom is 0.267 e. The molecule has 8 nitrogen and oxygen atoms in total. The standard InChI is InChI=1S/C15H16N2O6/c1-9(18)17-11(15(21)16-5-4-14(19)20)6-10-2-3-12-13(7-10)23-8-22-12/h2-3,6-7H,4-5,8H2,1H3,(H,16,21)(H,17,18)(H,19,20)/p-1/b11-6+. The highest BCUT2D eigenvalue weighted by Gasteiger charge is 2.15. The Hall–Kier alpha value is -3.03. The van der Waals surface area contributed by atoms with E-state index in [1.807, 2.05) is 0 Å². The predicted octanol–water partition coefficient (Wildman–Crippen LogP) is -0.851. The molecule has 0 radical (unpaired) electrons. The molecule has 2 rings (SSSR count). The number of carbonyl (C=O) groups excluding carboxylic acids is 3. The van der Waals surface area contributed by atoms with Gasteiger partial charge in [0, 0.05) is 25.9 Å². The number of carboxylic acid groups (broad SMARTS) is 1. The molecule has 8 heteroatoms. The van der Waals surface area contributed by atoms with E-state index in [2.05, 4.69) is 10.6 Å². The molecule has 0 unspecified atom stereocenters. The molecular formula is C15H15N2O6-. The topological polar surface area (TPSA) is 117 Å². The molecule has 1 heterocycles. The van der Waals surface area contributed by atoms with E-state index in [0.29, 0.717) is 17.1 Å². The number of fused-ring (bicyclic) bond motifs is 1. The van der Waals surface area contributed by atoms with Crippen LogP contribution in [0.4, 0.5) is 0 Å². The van der Waals surface area contributed by atoms with Crippen LogP contribution in [0.25, 0.3) is 6.08 Å². The fourth-order valence-electron chi connectivity index (χ4n) is 1.89. The summed E-state index contributed by atoms with van der Waals surface area (Å²) in [5.41, 5.74) is 0.614. The van der Waals surface area contributed by atoms with Crippen molar-refractivity contribution in [2.45, 2.75) is 13.3 Å². The summed E-state index contributed by atoms with van der Waals surface area (Å²) in [5.74, 6) is -1.16. The molecule has 0 aromatic heterocycles. The van der Waals surface area contributed by atoms with E-state index in [1.165, 1.54) is 13.0 Å². The fraction of sp³-hybridized carbons (Fsp3) is 0.267. The number of ether oxygens (including phenoxy) is 2. The van der Waals surface area contributed by atoms with Crippen LogP contribution in [0.5, 0.6) is 11.5 Å². The third kappa shape index (κ3) is 4.73. The van der Waals surface area contributed by atoms with Crippen molar-refractivity contribution in [3.8, 4) is 11.5 Å². The molecule has 23 heavy (non-hydrogen) atoms. The van der Waals surface area contributed by atoms with Crippen LogP contribution in [-0.4, -0.2) is 31.1 Å². The zero-order valence-corrected chi connectivity index (χ0v) is 12.4. The van der Waals surface area contributed by atoms with Gasteiger partial charge in [0.05, 0.1) is 0 Å². The van der Waals surface area contributed by atoms with Gasteiger partial charge in [-0.2, -0.15) is 0 Å². The molecule has 122 valence electrons. The Morgan fingerprint density at radius 1 is 1.26 bits per heavy atom. The van der Waals surface area contributed by atoms with Crippen LogP contribution in [0.15, 0.2) is 23.9 Å². The van der Waals surface area contributed by atoms with E-state index < -0.39 is 17.8 Å². The van der Waals surface area contributed by atoms with Gasteiger partial charge >= 0.3 is 0 Å². The summed E-state index contributed by atoms with van der Waals surface area (Å²) in [6, 6.07) is 5.05. The number of rotatable bonds is 6. The van der Waals surface area contributed by atoms with Crippen LogP contribution >= 0.6 is 0 Å². The molecule has 1 aromatic rings. The van der Waals surface area contributed by atoms with Gasteiger partial charge in [0.25, 0.3) is 5.91 Å². The molecule has 2 N–H and O–H groups in total. The van der Waals surface area contributed by atoms with E-state index in [1.54, 1.807) is 18.2 Å². The van der Waals surface area contributed by atoms with Gasteiger partial charge in [-0.25, -0.2) is 0 Å². The Kier molecular flexibility index (Phi) is 5.19. The summed E-state index contributed by atoms with van der Waals surface area (Å²) in [5, 5.41) is 15.2. The largest absolute Gasteiger partial charge is 0.550 e. The molecule has 1 aliphatic rings. The lowest BCUT2D eigenvalue weighted by molar-refractivity contribution is -0.305. The number of hydrogen-bond acceptors (Lipinski definition) is 6. The number of amides is 2. The maximum absolute atomic E-state index is 12.0. The molecule has 0 saturated carbocycles. The lowest BCUT2D eigenvalue weighted by Gasteiger charge is -2.10. The van der Waals surface area contributed by atoms with Crippen LogP contribution in [0.2, 0.25) is 0 Å². The second kappa shape index (κ2) is 7.30. The van der Waals surface area contributed by atoms with Gasteiger partial charge in [0.2, 0.25) is 12.7 Å². The zero-order valence-electron chi connectivity index (χ0n) is 12.4. The van der Waals surface area contributed by atoms with Crippen LogP contribution in [0.3, 0.4) is 0 Å². The van der Waals surface area contributed by atoms with Crippen molar-refractivity contribution < 1.29 is 29.0 Å². The summed E-state index contributed by atoms with van der Waals surface area (Å²) < 4.78 is 10.4. The van der Waals surface area contributed by atoms with Crippen molar-refractivity contribution in [3.05, 3.63) is 29.5 Å². The van der Waals surface area contributed by atoms with Gasteiger partial charge in [0.1, 0.15) is 5.70 Å². The predicted molar refractivity (Wildman–Crippen MR) is 77.0 cm³/mol. The third-order valence-corrected chi connectivity index (χ3v) is 2.88. The average molecular weight is 319 g/mol. The number of carbonyl (C=O) groups is 3. The summed E-state index contributed by atoms with van der Waals surface area (Å²) in [4.78, 5) is 33.6. The van der Waals surface area contributed by atoms with Gasteiger partial charge in [0.15, 0.2) is 11.5 Å². The van der Waals surface area contributed by atoms with Crippen molar-refractivity contribution in [2.75, 3.05) is 13.3 Å². The highest BCUT2D eigenvalue weighted by Crippen LogP contribution is 2.32. The summed E-state index contributed by atoms with van der Waals surface area (Å²) >= 11 is 0. The zero-order chi connectivity index (χ0) is 16.8. The first kappa shape index (κ1) is 16.3. The number of nitrogens with one attached hydrogen (secondary N) is 2. The van der Waals surface area contributed by atoms with E-state index in [4.69, 9.17) is 9.47 Å². The SMILES string of the molecule is CC(=O)N/C(=C/c1ccc2c(c1)OCO2)C(=O)NCCC(=O)[O-]. The molecule has 0 atom stereocenters. The molecule has 0 fully saturated rings. The Morgan fingerprint density at radius 3 is 2.70 bits per heavy atom. The minimum absolute atomic E-state index is 0.00490. The van der Waals surface area contributed by atoms with Crippen molar-refractivity contribution in [2.24, 2.45) is 0 Å². The molecule has 2 amide bonds. The minimum atomic E-state index is -1.27. The van der Waals surface area contributed by atoms with Crippen molar-refractivity contribution in [3.63, 3.8) is 0 Å². The molecule has 0 spiro atoms. The van der Waals surface area contributed by atoms with Crippen LogP contribution < -0.4 is 25.2 Å². The lowest BCUT2D eigenvalue weighted by atomic mass is 10.1. The van der Waals surface area contributed by atoms with Gasteiger partial charge < -0.3 is 30.0 Å². The van der Waals surface area contributed by atoms with Crippen LogP contribution in [0.1, 0.15) is 18.9 Å². The molecule has 0 saturated heterocycles. The second-order valence-corrected chi connectivity index (χ2v) is 4.73. The Morgan fingerprint density at radius 2 is 2.00 bits per heavy atom. The smallest absolute Gasteiger partial charge is 0.267 e. The summed E-state index contributed by atoms with van der Waals surface area (Å²) in [6.45, 7) is 1.30. The minimum Gasteiger partial charge on any atom is -0.550 e. The monoisotopic (exact) mass is 319 g/mol. The first-order valence-corrected chi connectivity index (χ1v) is 6.82. The maximum atomic E-state index is 12.0. The number of hydrogen-bond donors (Lipinski definition) is 2. The Balaban J connectivity index is 2.14. The number of carboxylic acids is 1.